The molecule has 0 aliphatic carbocycles. The Morgan fingerprint density at radius 2 is 1.90 bits per heavy atom. The molecule has 4 nitrogen and oxygen atoms in total. The molecule has 1 unspecified atom stereocenters. The molecule has 0 fully saturated rings. The third-order valence-corrected chi connectivity index (χ3v) is 3.39. The summed E-state index contributed by atoms with van der Waals surface area (Å²) in [6.07, 6.45) is 1.61. The van der Waals surface area contributed by atoms with Crippen LogP contribution in [0.15, 0.2) is 54.7 Å². The van der Waals surface area contributed by atoms with Gasteiger partial charge in [0.25, 0.3) is 0 Å². The lowest BCUT2D eigenvalue weighted by Gasteiger charge is -2.12. The van der Waals surface area contributed by atoms with Crippen molar-refractivity contribution in [1.29, 1.82) is 0 Å². The molecule has 0 saturated carbocycles. The van der Waals surface area contributed by atoms with E-state index in [-0.39, 0.29) is 5.82 Å². The number of aryl methyl sites for hydroxylation is 1. The maximum Gasteiger partial charge on any atom is 0.123 e. The molecule has 1 aromatic heterocycles. The molecule has 1 atom stereocenters. The fraction of sp³-hybridized carbons (Fsp3) is 0.125. The minimum atomic E-state index is -0.502. The first-order valence-corrected chi connectivity index (χ1v) is 6.64. The topological polar surface area (TPSA) is 56.7 Å². The van der Waals surface area contributed by atoms with Gasteiger partial charge in [-0.15, -0.1) is 0 Å². The van der Waals surface area contributed by atoms with Crippen molar-refractivity contribution in [3.05, 3.63) is 77.4 Å². The van der Waals surface area contributed by atoms with Gasteiger partial charge in [0.1, 0.15) is 11.5 Å². The van der Waals surface area contributed by atoms with Crippen molar-refractivity contribution in [3.63, 3.8) is 0 Å². The Kier molecular flexibility index (Phi) is 3.50. The van der Waals surface area contributed by atoms with Gasteiger partial charge in [-0.05, 0) is 42.3 Å². The second kappa shape index (κ2) is 5.46. The minimum absolute atomic E-state index is 0.304. The van der Waals surface area contributed by atoms with E-state index in [1.807, 2.05) is 37.3 Å². The number of aromatic nitrogens is 3. The largest absolute Gasteiger partial charge is 0.319 e. The summed E-state index contributed by atoms with van der Waals surface area (Å²) in [7, 11) is 0. The van der Waals surface area contributed by atoms with Gasteiger partial charge < -0.3 is 5.73 Å². The van der Waals surface area contributed by atoms with Crippen LogP contribution >= 0.6 is 0 Å². The first-order valence-electron chi connectivity index (χ1n) is 6.64. The van der Waals surface area contributed by atoms with E-state index in [1.54, 1.807) is 12.3 Å². The van der Waals surface area contributed by atoms with Crippen LogP contribution in [0.5, 0.6) is 0 Å². The van der Waals surface area contributed by atoms with Gasteiger partial charge in [0, 0.05) is 0 Å². The summed E-state index contributed by atoms with van der Waals surface area (Å²) >= 11 is 0. The SMILES string of the molecule is Cc1ccc(F)cc1C(N)c1cnn(-c2ccccc2)n1. The van der Waals surface area contributed by atoms with Crippen LogP contribution < -0.4 is 5.73 Å². The molecule has 1 heterocycles. The molecule has 2 N–H and O–H groups in total. The number of nitrogens with zero attached hydrogens (tertiary/aromatic N) is 3. The number of para-hydroxylation sites is 1. The molecular weight excluding hydrogens is 267 g/mol. The Morgan fingerprint density at radius 3 is 2.67 bits per heavy atom. The summed E-state index contributed by atoms with van der Waals surface area (Å²) in [5, 5.41) is 8.60. The van der Waals surface area contributed by atoms with Crippen molar-refractivity contribution >= 4 is 0 Å². The lowest BCUT2D eigenvalue weighted by molar-refractivity contribution is 0.621. The quantitative estimate of drug-likeness (QED) is 0.803. The zero-order valence-corrected chi connectivity index (χ0v) is 11.6. The Balaban J connectivity index is 1.94. The van der Waals surface area contributed by atoms with E-state index < -0.39 is 6.04 Å². The summed E-state index contributed by atoms with van der Waals surface area (Å²) in [6.45, 7) is 1.90. The maximum absolute atomic E-state index is 13.4. The van der Waals surface area contributed by atoms with Crippen LogP contribution in [-0.2, 0) is 0 Å². The molecule has 2 aromatic carbocycles. The van der Waals surface area contributed by atoms with Crippen molar-refractivity contribution in [2.24, 2.45) is 5.73 Å². The fourth-order valence-electron chi connectivity index (χ4n) is 2.21. The average molecular weight is 282 g/mol. The Morgan fingerprint density at radius 1 is 1.14 bits per heavy atom. The van der Waals surface area contributed by atoms with Crippen LogP contribution in [0, 0.1) is 12.7 Å². The van der Waals surface area contributed by atoms with Gasteiger partial charge in [-0.2, -0.15) is 15.0 Å². The lowest BCUT2D eigenvalue weighted by atomic mass is 10.00. The zero-order chi connectivity index (χ0) is 14.8. The average Bonchev–Trinajstić information content (AvgIpc) is 3.00. The molecule has 5 heteroatoms. The van der Waals surface area contributed by atoms with Gasteiger partial charge in [-0.1, -0.05) is 24.3 Å². The predicted molar refractivity (Wildman–Crippen MR) is 78.5 cm³/mol. The summed E-state index contributed by atoms with van der Waals surface area (Å²) in [4.78, 5) is 1.52. The monoisotopic (exact) mass is 282 g/mol. The van der Waals surface area contributed by atoms with E-state index in [1.165, 1.54) is 16.9 Å². The highest BCUT2D eigenvalue weighted by Gasteiger charge is 2.16. The van der Waals surface area contributed by atoms with E-state index in [0.29, 0.717) is 5.69 Å². The highest BCUT2D eigenvalue weighted by Crippen LogP contribution is 2.22. The first kappa shape index (κ1) is 13.5. The van der Waals surface area contributed by atoms with E-state index in [0.717, 1.165) is 16.8 Å². The summed E-state index contributed by atoms with van der Waals surface area (Å²) in [5.74, 6) is -0.304. The second-order valence-electron chi connectivity index (χ2n) is 4.87. The summed E-state index contributed by atoms with van der Waals surface area (Å²) in [6, 6.07) is 13.6. The molecule has 21 heavy (non-hydrogen) atoms. The van der Waals surface area contributed by atoms with Crippen molar-refractivity contribution in [1.82, 2.24) is 15.0 Å². The number of nitrogens with two attached hydrogens (primary N) is 1. The van der Waals surface area contributed by atoms with E-state index >= 15 is 0 Å². The van der Waals surface area contributed by atoms with Crippen LogP contribution in [0.4, 0.5) is 4.39 Å². The molecule has 3 rings (SSSR count). The Bertz CT molecular complexity index is 752. The van der Waals surface area contributed by atoms with Crippen molar-refractivity contribution in [3.8, 4) is 5.69 Å². The molecule has 0 radical (unpaired) electrons. The van der Waals surface area contributed by atoms with Gasteiger partial charge >= 0.3 is 0 Å². The summed E-state index contributed by atoms with van der Waals surface area (Å²) < 4.78 is 13.4. The Labute approximate surface area is 122 Å². The van der Waals surface area contributed by atoms with Crippen LogP contribution in [0.1, 0.15) is 22.9 Å². The van der Waals surface area contributed by atoms with E-state index in [4.69, 9.17) is 5.73 Å². The smallest absolute Gasteiger partial charge is 0.123 e. The molecule has 106 valence electrons. The van der Waals surface area contributed by atoms with Gasteiger partial charge in [-0.25, -0.2) is 4.39 Å². The molecular formula is C16H15FN4. The summed E-state index contributed by atoms with van der Waals surface area (Å²) in [5.41, 5.74) is 9.30. The number of benzene rings is 2. The standard InChI is InChI=1S/C16H15FN4/c1-11-7-8-12(17)9-14(11)16(18)15-10-19-21(20-15)13-5-3-2-4-6-13/h2-10,16H,18H2,1H3. The molecule has 0 amide bonds. The van der Waals surface area contributed by atoms with Crippen molar-refractivity contribution in [2.75, 3.05) is 0 Å². The van der Waals surface area contributed by atoms with Crippen LogP contribution in [0.2, 0.25) is 0 Å². The van der Waals surface area contributed by atoms with Crippen molar-refractivity contribution in [2.45, 2.75) is 13.0 Å². The minimum Gasteiger partial charge on any atom is -0.319 e. The molecule has 0 aliphatic rings. The third-order valence-electron chi connectivity index (χ3n) is 3.39. The van der Waals surface area contributed by atoms with E-state index in [9.17, 15) is 4.39 Å². The second-order valence-corrected chi connectivity index (χ2v) is 4.87. The van der Waals surface area contributed by atoms with Gasteiger partial charge in [0.2, 0.25) is 0 Å². The molecule has 0 aliphatic heterocycles. The molecule has 0 spiro atoms. The normalized spacial score (nSPS) is 12.3. The van der Waals surface area contributed by atoms with Gasteiger partial charge in [-0.3, -0.25) is 0 Å². The maximum atomic E-state index is 13.4. The van der Waals surface area contributed by atoms with Gasteiger partial charge in [0.15, 0.2) is 0 Å². The fourth-order valence-corrected chi connectivity index (χ4v) is 2.21. The third kappa shape index (κ3) is 2.68. The highest BCUT2D eigenvalue weighted by molar-refractivity contribution is 5.34. The number of rotatable bonds is 3. The zero-order valence-electron chi connectivity index (χ0n) is 11.6. The van der Waals surface area contributed by atoms with Crippen LogP contribution in [0.25, 0.3) is 5.69 Å². The molecule has 0 saturated heterocycles. The molecule has 0 bridgehead atoms. The predicted octanol–water partition coefficient (Wildman–Crippen LogP) is 2.76. The lowest BCUT2D eigenvalue weighted by Crippen LogP contribution is -2.14. The highest BCUT2D eigenvalue weighted by atomic mass is 19.1. The number of hydrogen-bond acceptors (Lipinski definition) is 3. The van der Waals surface area contributed by atoms with E-state index in [2.05, 4.69) is 10.2 Å². The van der Waals surface area contributed by atoms with Crippen molar-refractivity contribution < 1.29 is 4.39 Å². The number of hydrogen-bond donors (Lipinski definition) is 1. The van der Waals surface area contributed by atoms with Crippen LogP contribution in [0.3, 0.4) is 0 Å². The van der Waals surface area contributed by atoms with Gasteiger partial charge in [0.05, 0.1) is 17.9 Å². The first-order chi connectivity index (χ1) is 10.1. The Hall–Kier alpha value is -2.53. The van der Waals surface area contributed by atoms with Crippen LogP contribution in [-0.4, -0.2) is 15.0 Å². The molecule has 3 aromatic rings. The number of halogens is 1.